The highest BCUT2D eigenvalue weighted by atomic mass is 28.3. The number of rotatable bonds is 7. The number of carbonyl (C=O) groups excluding carboxylic acids is 1. The highest BCUT2D eigenvalue weighted by molar-refractivity contribution is 6.76. The zero-order valence-electron chi connectivity index (χ0n) is 16.9. The van der Waals surface area contributed by atoms with Crippen molar-refractivity contribution in [1.82, 2.24) is 9.78 Å². The number of nitrogens with zero attached hydrogens (tertiary/aromatic N) is 3. The Balaban J connectivity index is 2.33. The van der Waals surface area contributed by atoms with Crippen LogP contribution in [0, 0.1) is 20.4 Å². The number of hydrogen-bond donors (Lipinski definition) is 0. The molecule has 0 saturated carbocycles. The summed E-state index contributed by atoms with van der Waals surface area (Å²) in [5.74, 6) is -0.426. The fraction of sp³-hybridized carbons (Fsp3) is 0.450. The maximum Gasteiger partial charge on any atom is 0.337 e. The summed E-state index contributed by atoms with van der Waals surface area (Å²) in [5.41, 5.74) is 4.16. The maximum atomic E-state index is 11.9. The van der Waals surface area contributed by atoms with Crippen molar-refractivity contribution in [2.75, 3.05) is 13.7 Å². The van der Waals surface area contributed by atoms with E-state index in [-0.39, 0.29) is 0 Å². The minimum absolute atomic E-state index is 0.376. The Hall–Kier alpha value is -2.43. The van der Waals surface area contributed by atoms with E-state index >= 15 is 0 Å². The van der Waals surface area contributed by atoms with Gasteiger partial charge in [0, 0.05) is 25.9 Å². The summed E-state index contributed by atoms with van der Waals surface area (Å²) in [6, 6.07) is 6.06. The van der Waals surface area contributed by atoms with Gasteiger partial charge in [0.1, 0.15) is 6.73 Å². The Bertz CT molecular complexity index is 876. The number of esters is 1. The van der Waals surface area contributed by atoms with E-state index < -0.39 is 14.0 Å². The third-order valence-corrected chi connectivity index (χ3v) is 6.10. The molecule has 0 aliphatic heterocycles. The summed E-state index contributed by atoms with van der Waals surface area (Å²) in [6.45, 7) is 19.4. The minimum Gasteiger partial charge on any atom is -0.465 e. The van der Waals surface area contributed by atoms with Crippen LogP contribution in [-0.2, 0) is 16.2 Å². The van der Waals surface area contributed by atoms with Gasteiger partial charge in [-0.3, -0.25) is 0 Å². The van der Waals surface area contributed by atoms with E-state index in [1.54, 1.807) is 18.2 Å². The number of benzene rings is 1. The van der Waals surface area contributed by atoms with Gasteiger partial charge in [0.2, 0.25) is 0 Å². The SMILES string of the molecule is [C-]#[N+]c1ccc(C(=O)OC)cc1-c1c(C)nn(COCC[Si](C)(C)C)c1C. The van der Waals surface area contributed by atoms with Gasteiger partial charge in [0.05, 0.1) is 24.9 Å². The molecule has 7 heteroatoms. The second kappa shape index (κ2) is 8.50. The molecule has 1 heterocycles. The molecule has 0 saturated heterocycles. The highest BCUT2D eigenvalue weighted by Gasteiger charge is 2.19. The molecular weight excluding hydrogens is 358 g/mol. The van der Waals surface area contributed by atoms with Gasteiger partial charge in [0.25, 0.3) is 0 Å². The third kappa shape index (κ3) is 5.06. The van der Waals surface area contributed by atoms with Gasteiger partial charge < -0.3 is 9.47 Å². The molecule has 2 aromatic rings. The summed E-state index contributed by atoms with van der Waals surface area (Å²) in [6.07, 6.45) is 0. The molecule has 0 amide bonds. The lowest BCUT2D eigenvalue weighted by molar-refractivity contribution is 0.0600. The second-order valence-corrected chi connectivity index (χ2v) is 13.3. The van der Waals surface area contributed by atoms with Crippen molar-refractivity contribution in [3.05, 3.63) is 46.6 Å². The van der Waals surface area contributed by atoms with Crippen LogP contribution in [-0.4, -0.2) is 37.5 Å². The maximum absolute atomic E-state index is 11.9. The molecule has 0 aliphatic carbocycles. The van der Waals surface area contributed by atoms with Crippen molar-refractivity contribution in [3.8, 4) is 11.1 Å². The zero-order valence-corrected chi connectivity index (χ0v) is 17.9. The first-order valence-corrected chi connectivity index (χ1v) is 12.6. The van der Waals surface area contributed by atoms with E-state index in [4.69, 9.17) is 16.0 Å². The molecule has 0 spiro atoms. The van der Waals surface area contributed by atoms with Crippen molar-refractivity contribution in [1.29, 1.82) is 0 Å². The van der Waals surface area contributed by atoms with Crippen molar-refractivity contribution >= 4 is 19.7 Å². The van der Waals surface area contributed by atoms with Gasteiger partial charge >= 0.3 is 5.97 Å². The quantitative estimate of drug-likeness (QED) is 0.297. The molecule has 0 bridgehead atoms. The van der Waals surface area contributed by atoms with E-state index in [1.807, 2.05) is 18.5 Å². The Morgan fingerprint density at radius 3 is 2.59 bits per heavy atom. The minimum atomic E-state index is -1.13. The fourth-order valence-corrected chi connectivity index (χ4v) is 3.58. The third-order valence-electron chi connectivity index (χ3n) is 4.40. The second-order valence-electron chi connectivity index (χ2n) is 7.73. The number of aromatic nitrogens is 2. The normalized spacial score (nSPS) is 11.3. The van der Waals surface area contributed by atoms with Crippen LogP contribution in [0.15, 0.2) is 18.2 Å². The van der Waals surface area contributed by atoms with E-state index in [1.165, 1.54) is 7.11 Å². The fourth-order valence-electron chi connectivity index (χ4n) is 2.82. The number of ether oxygens (including phenoxy) is 2. The van der Waals surface area contributed by atoms with E-state index in [2.05, 4.69) is 29.6 Å². The molecule has 0 aliphatic rings. The molecule has 2 rings (SSSR count). The highest BCUT2D eigenvalue weighted by Crippen LogP contribution is 2.35. The Labute approximate surface area is 161 Å². The Morgan fingerprint density at radius 1 is 1.30 bits per heavy atom. The summed E-state index contributed by atoms with van der Waals surface area (Å²) in [5, 5.41) is 4.57. The number of hydrogen-bond acceptors (Lipinski definition) is 4. The molecule has 144 valence electrons. The van der Waals surface area contributed by atoms with Crippen LogP contribution in [0.5, 0.6) is 0 Å². The summed E-state index contributed by atoms with van der Waals surface area (Å²) in [7, 11) is 0.212. The van der Waals surface area contributed by atoms with Crippen molar-refractivity contribution in [2.45, 2.75) is 46.3 Å². The molecule has 0 radical (unpaired) electrons. The lowest BCUT2D eigenvalue weighted by Gasteiger charge is -2.15. The Kier molecular flexibility index (Phi) is 6.57. The first-order valence-electron chi connectivity index (χ1n) is 8.90. The molecule has 1 aromatic carbocycles. The van der Waals surface area contributed by atoms with Crippen LogP contribution >= 0.6 is 0 Å². The molecule has 27 heavy (non-hydrogen) atoms. The van der Waals surface area contributed by atoms with Gasteiger partial charge in [-0.25, -0.2) is 14.3 Å². The lowest BCUT2D eigenvalue weighted by Crippen LogP contribution is -2.22. The van der Waals surface area contributed by atoms with Crippen LogP contribution in [0.3, 0.4) is 0 Å². The molecule has 6 nitrogen and oxygen atoms in total. The number of aryl methyl sites for hydroxylation is 1. The monoisotopic (exact) mass is 385 g/mol. The lowest BCUT2D eigenvalue weighted by atomic mass is 9.99. The van der Waals surface area contributed by atoms with Crippen LogP contribution < -0.4 is 0 Å². The van der Waals surface area contributed by atoms with Gasteiger partial charge in [-0.1, -0.05) is 37.8 Å². The molecule has 0 N–H and O–H groups in total. The van der Waals surface area contributed by atoms with Gasteiger partial charge in [-0.15, -0.1) is 0 Å². The van der Waals surface area contributed by atoms with Crippen LogP contribution in [0.4, 0.5) is 5.69 Å². The largest absolute Gasteiger partial charge is 0.465 e. The molecular formula is C20H27N3O3Si. The summed E-state index contributed by atoms with van der Waals surface area (Å²) >= 11 is 0. The molecule has 0 unspecified atom stereocenters. The van der Waals surface area contributed by atoms with E-state index in [0.29, 0.717) is 30.2 Å². The topological polar surface area (TPSA) is 57.7 Å². The van der Waals surface area contributed by atoms with Gasteiger partial charge in [0.15, 0.2) is 5.69 Å². The Morgan fingerprint density at radius 2 is 2.00 bits per heavy atom. The first kappa shape index (κ1) is 20.9. The molecule has 0 fully saturated rings. The first-order chi connectivity index (χ1) is 12.7. The number of carbonyl (C=O) groups is 1. The van der Waals surface area contributed by atoms with E-state index in [0.717, 1.165) is 23.0 Å². The van der Waals surface area contributed by atoms with Gasteiger partial charge in [-0.05, 0) is 25.5 Å². The predicted octanol–water partition coefficient (Wildman–Crippen LogP) is 4.82. The van der Waals surface area contributed by atoms with Crippen LogP contribution in [0.1, 0.15) is 21.7 Å². The molecule has 1 aromatic heterocycles. The van der Waals surface area contributed by atoms with Crippen molar-refractivity contribution in [2.24, 2.45) is 0 Å². The average Bonchev–Trinajstić information content (AvgIpc) is 2.90. The van der Waals surface area contributed by atoms with Crippen molar-refractivity contribution in [3.63, 3.8) is 0 Å². The average molecular weight is 386 g/mol. The smallest absolute Gasteiger partial charge is 0.337 e. The zero-order chi connectivity index (χ0) is 20.2. The van der Waals surface area contributed by atoms with Gasteiger partial charge in [-0.2, -0.15) is 5.10 Å². The number of methoxy groups -OCH3 is 1. The summed E-state index contributed by atoms with van der Waals surface area (Å²) < 4.78 is 12.4. The van der Waals surface area contributed by atoms with E-state index in [9.17, 15) is 4.79 Å². The predicted molar refractivity (Wildman–Crippen MR) is 109 cm³/mol. The van der Waals surface area contributed by atoms with Crippen molar-refractivity contribution < 1.29 is 14.3 Å². The standard InChI is InChI=1S/C20H27N3O3Si/c1-14-19(15(2)23(22-14)13-26-10-11-27(5,6)7)17-12-16(20(24)25-4)8-9-18(17)21-3/h8-9,12H,10-11,13H2,1-2,4-7H3. The van der Waals surface area contributed by atoms with Crippen LogP contribution in [0.2, 0.25) is 25.7 Å². The summed E-state index contributed by atoms with van der Waals surface area (Å²) in [4.78, 5) is 15.5. The van der Waals surface area contributed by atoms with Crippen LogP contribution in [0.25, 0.3) is 16.0 Å². The molecule has 0 atom stereocenters.